The zero-order valence-electron chi connectivity index (χ0n) is 16.9. The van der Waals surface area contributed by atoms with Crippen molar-refractivity contribution in [1.29, 1.82) is 0 Å². The first-order chi connectivity index (χ1) is 12.9. The Morgan fingerprint density at radius 1 is 1.11 bits per heavy atom. The summed E-state index contributed by atoms with van der Waals surface area (Å²) in [5, 5.41) is 11.8. The molecule has 0 bridgehead atoms. The van der Waals surface area contributed by atoms with Gasteiger partial charge in [0.25, 0.3) is 15.9 Å². The van der Waals surface area contributed by atoms with Crippen LogP contribution < -0.4 is 10.0 Å². The molecule has 0 aromatic heterocycles. The smallest absolute Gasteiger partial charge is 0.262 e. The lowest BCUT2D eigenvalue weighted by molar-refractivity contribution is 0.0924. The summed E-state index contributed by atoms with van der Waals surface area (Å²) in [6.45, 7) is 9.58. The Morgan fingerprint density at radius 2 is 1.71 bits per heavy atom. The number of sulfonamides is 1. The van der Waals surface area contributed by atoms with Crippen LogP contribution in [0.3, 0.4) is 0 Å². The van der Waals surface area contributed by atoms with Gasteiger partial charge in [0.1, 0.15) is 0 Å². The van der Waals surface area contributed by atoms with E-state index in [0.29, 0.717) is 16.8 Å². The van der Waals surface area contributed by atoms with Crippen molar-refractivity contribution in [3.63, 3.8) is 0 Å². The highest BCUT2D eigenvalue weighted by molar-refractivity contribution is 7.92. The maximum absolute atomic E-state index is 12.9. The average Bonchev–Trinajstić information content (AvgIpc) is 2.59. The lowest BCUT2D eigenvalue weighted by atomic mass is 9.87. The number of carbonyl (C=O) groups excluding carboxylic acids is 1. The van der Waals surface area contributed by atoms with Crippen molar-refractivity contribution >= 4 is 21.6 Å². The van der Waals surface area contributed by atoms with Gasteiger partial charge < -0.3 is 10.4 Å². The summed E-state index contributed by atoms with van der Waals surface area (Å²) in [4.78, 5) is 12.2. The number of hydrogen-bond acceptors (Lipinski definition) is 4. The van der Waals surface area contributed by atoms with Crippen LogP contribution >= 0.6 is 0 Å². The SMILES string of the molecule is Cc1ccc(C(C)(C)C)cc1S(=O)(=O)Nc1ccc(C(=O)NCC(C)O)cc1. The summed E-state index contributed by atoms with van der Waals surface area (Å²) in [6, 6.07) is 11.6. The molecule has 0 heterocycles. The average molecular weight is 405 g/mol. The van der Waals surface area contributed by atoms with E-state index in [4.69, 9.17) is 0 Å². The number of aliphatic hydroxyl groups excluding tert-OH is 1. The Labute approximate surface area is 167 Å². The van der Waals surface area contributed by atoms with E-state index < -0.39 is 16.1 Å². The third kappa shape index (κ3) is 5.56. The van der Waals surface area contributed by atoms with Crippen LogP contribution in [-0.4, -0.2) is 32.1 Å². The van der Waals surface area contributed by atoms with Gasteiger partial charge in [0.2, 0.25) is 0 Å². The van der Waals surface area contributed by atoms with Gasteiger partial charge >= 0.3 is 0 Å². The summed E-state index contributed by atoms with van der Waals surface area (Å²) in [5.41, 5.74) is 2.18. The minimum absolute atomic E-state index is 0.149. The van der Waals surface area contributed by atoms with Crippen molar-refractivity contribution in [2.75, 3.05) is 11.3 Å². The number of aliphatic hydroxyl groups is 1. The van der Waals surface area contributed by atoms with E-state index in [1.165, 1.54) is 24.3 Å². The minimum atomic E-state index is -3.76. The van der Waals surface area contributed by atoms with Gasteiger partial charge in [-0.25, -0.2) is 8.42 Å². The fourth-order valence-electron chi connectivity index (χ4n) is 2.60. The Morgan fingerprint density at radius 3 is 2.25 bits per heavy atom. The second-order valence-electron chi connectivity index (χ2n) is 7.97. The molecular formula is C21H28N2O4S. The number of hydrogen-bond donors (Lipinski definition) is 3. The highest BCUT2D eigenvalue weighted by atomic mass is 32.2. The van der Waals surface area contributed by atoms with Crippen molar-refractivity contribution in [3.05, 3.63) is 59.2 Å². The standard InChI is InChI=1S/C21H28N2O4S/c1-14-6-9-17(21(3,4)5)12-19(14)28(26,27)23-18-10-7-16(8-11-18)20(25)22-13-15(2)24/h6-12,15,23-24H,13H2,1-5H3,(H,22,25). The summed E-state index contributed by atoms with van der Waals surface area (Å²) < 4.78 is 28.3. The molecule has 0 spiro atoms. The quantitative estimate of drug-likeness (QED) is 0.689. The fourth-order valence-corrected chi connectivity index (χ4v) is 3.93. The second-order valence-corrected chi connectivity index (χ2v) is 9.62. The Balaban J connectivity index is 2.22. The van der Waals surface area contributed by atoms with Gasteiger partial charge in [0, 0.05) is 17.8 Å². The van der Waals surface area contributed by atoms with Crippen molar-refractivity contribution in [3.8, 4) is 0 Å². The molecule has 0 aliphatic carbocycles. The zero-order chi connectivity index (χ0) is 21.1. The van der Waals surface area contributed by atoms with Gasteiger partial charge in [-0.15, -0.1) is 0 Å². The summed E-state index contributed by atoms with van der Waals surface area (Å²) in [7, 11) is -3.76. The van der Waals surface area contributed by atoms with Gasteiger partial charge in [0.15, 0.2) is 0 Å². The normalized spacial score (nSPS) is 13.1. The summed E-state index contributed by atoms with van der Waals surface area (Å²) in [5.74, 6) is -0.330. The van der Waals surface area contributed by atoms with E-state index in [9.17, 15) is 18.3 Å². The molecule has 2 rings (SSSR count). The molecule has 0 saturated carbocycles. The molecule has 0 saturated heterocycles. The number of amides is 1. The monoisotopic (exact) mass is 404 g/mol. The van der Waals surface area contributed by atoms with E-state index in [-0.39, 0.29) is 22.8 Å². The third-order valence-electron chi connectivity index (χ3n) is 4.30. The highest BCUT2D eigenvalue weighted by Gasteiger charge is 2.21. The Kier molecular flexibility index (Phi) is 6.52. The third-order valence-corrected chi connectivity index (χ3v) is 5.82. The van der Waals surface area contributed by atoms with Crippen LogP contribution in [-0.2, 0) is 15.4 Å². The highest BCUT2D eigenvalue weighted by Crippen LogP contribution is 2.27. The molecule has 2 aromatic carbocycles. The van der Waals surface area contributed by atoms with Crippen molar-refractivity contribution in [1.82, 2.24) is 5.32 Å². The minimum Gasteiger partial charge on any atom is -0.392 e. The van der Waals surface area contributed by atoms with Gasteiger partial charge in [-0.3, -0.25) is 9.52 Å². The number of rotatable bonds is 6. The molecule has 0 radical (unpaired) electrons. The zero-order valence-corrected chi connectivity index (χ0v) is 17.7. The van der Waals surface area contributed by atoms with E-state index in [0.717, 1.165) is 5.56 Å². The van der Waals surface area contributed by atoms with E-state index in [2.05, 4.69) is 10.0 Å². The maximum Gasteiger partial charge on any atom is 0.262 e. The Hall–Kier alpha value is -2.38. The molecule has 3 N–H and O–H groups in total. The molecule has 28 heavy (non-hydrogen) atoms. The molecule has 6 nitrogen and oxygen atoms in total. The first kappa shape index (κ1) is 21.9. The van der Waals surface area contributed by atoms with Crippen molar-refractivity contribution < 1.29 is 18.3 Å². The molecule has 2 aromatic rings. The molecule has 0 fully saturated rings. The molecule has 1 unspecified atom stereocenters. The number of aryl methyl sites for hydroxylation is 1. The molecular weight excluding hydrogens is 376 g/mol. The first-order valence-corrected chi connectivity index (χ1v) is 10.6. The van der Waals surface area contributed by atoms with Crippen LogP contribution in [0.1, 0.15) is 49.2 Å². The van der Waals surface area contributed by atoms with Gasteiger partial charge in [-0.05, 0) is 60.7 Å². The van der Waals surface area contributed by atoms with Gasteiger partial charge in [-0.2, -0.15) is 0 Å². The van der Waals surface area contributed by atoms with Gasteiger partial charge in [0.05, 0.1) is 11.0 Å². The molecule has 1 amide bonds. The van der Waals surface area contributed by atoms with Crippen LogP contribution in [0.25, 0.3) is 0 Å². The topological polar surface area (TPSA) is 95.5 Å². The fraction of sp³-hybridized carbons (Fsp3) is 0.381. The lowest BCUT2D eigenvalue weighted by Gasteiger charge is -2.21. The number of nitrogens with one attached hydrogen (secondary N) is 2. The largest absolute Gasteiger partial charge is 0.392 e. The van der Waals surface area contributed by atoms with Crippen LogP contribution in [0.15, 0.2) is 47.4 Å². The first-order valence-electron chi connectivity index (χ1n) is 9.10. The van der Waals surface area contributed by atoms with E-state index in [1.807, 2.05) is 32.9 Å². The van der Waals surface area contributed by atoms with Crippen LogP contribution in [0.2, 0.25) is 0 Å². The van der Waals surface area contributed by atoms with Gasteiger partial charge in [-0.1, -0.05) is 32.9 Å². The number of benzene rings is 2. The molecule has 0 aliphatic heterocycles. The molecule has 1 atom stereocenters. The van der Waals surface area contributed by atoms with Crippen LogP contribution in [0.4, 0.5) is 5.69 Å². The second kappa shape index (κ2) is 8.32. The van der Waals surface area contributed by atoms with E-state index >= 15 is 0 Å². The number of anilines is 1. The predicted molar refractivity (Wildman–Crippen MR) is 111 cm³/mol. The number of carbonyl (C=O) groups is 1. The van der Waals surface area contributed by atoms with Crippen LogP contribution in [0, 0.1) is 6.92 Å². The van der Waals surface area contributed by atoms with Crippen LogP contribution in [0.5, 0.6) is 0 Å². The lowest BCUT2D eigenvalue weighted by Crippen LogP contribution is -2.30. The predicted octanol–water partition coefficient (Wildman–Crippen LogP) is 3.20. The molecule has 7 heteroatoms. The summed E-state index contributed by atoms with van der Waals surface area (Å²) >= 11 is 0. The van der Waals surface area contributed by atoms with Crippen molar-refractivity contribution in [2.24, 2.45) is 0 Å². The molecule has 0 aliphatic rings. The summed E-state index contributed by atoms with van der Waals surface area (Å²) in [6.07, 6.45) is -0.637. The van der Waals surface area contributed by atoms with Crippen molar-refractivity contribution in [2.45, 2.75) is 51.0 Å². The Bertz CT molecular complexity index is 943. The van der Waals surface area contributed by atoms with E-state index in [1.54, 1.807) is 19.9 Å². The maximum atomic E-state index is 12.9. The molecule has 152 valence electrons.